The van der Waals surface area contributed by atoms with Crippen molar-refractivity contribution in [2.75, 3.05) is 39.6 Å². The summed E-state index contributed by atoms with van der Waals surface area (Å²) in [5, 5.41) is 10.6. The summed E-state index contributed by atoms with van der Waals surface area (Å²) in [6.45, 7) is 4.85. The van der Waals surface area contributed by atoms with E-state index in [0.717, 1.165) is 135 Å². The number of rotatable bonds is 77. The van der Waals surface area contributed by atoms with E-state index in [-0.39, 0.29) is 25.7 Å². The van der Waals surface area contributed by atoms with Crippen molar-refractivity contribution >= 4 is 39.5 Å². The van der Waals surface area contributed by atoms with Gasteiger partial charge in [-0.05, 0) is 57.8 Å². The Kier molecular flexibility index (Phi) is 70.6. The molecule has 0 aromatic rings. The molecule has 98 heavy (non-hydrogen) atoms. The molecule has 0 rings (SSSR count). The van der Waals surface area contributed by atoms with Gasteiger partial charge in [-0.1, -0.05) is 340 Å². The number of hydrogen-bond donors (Lipinski definition) is 3. The van der Waals surface area contributed by atoms with Gasteiger partial charge < -0.3 is 33.8 Å². The SMILES string of the molecule is CC/C=C\C/C=C\C/C=C\CCCCCCCCCC(=O)OCC(COP(=O)(O)OCC(O)COP(=O)(O)OCC(COC(=O)CCCCCCCCCCCCCCCCC)OC(=O)CCCCCCCCCCCCC)OC(=O)CCCCCCCCCCCCCCCCC. The summed E-state index contributed by atoms with van der Waals surface area (Å²) in [5.74, 6) is -2.13. The van der Waals surface area contributed by atoms with E-state index >= 15 is 0 Å². The summed E-state index contributed by atoms with van der Waals surface area (Å²) in [7, 11) is -9.92. The fraction of sp³-hybridized carbons (Fsp3) is 0.873. The molecule has 19 heteroatoms. The van der Waals surface area contributed by atoms with Gasteiger partial charge in [0.1, 0.15) is 19.3 Å². The maximum absolute atomic E-state index is 13.1. The van der Waals surface area contributed by atoms with E-state index in [4.69, 9.17) is 37.0 Å². The zero-order valence-corrected chi connectivity index (χ0v) is 64.8. The second-order valence-electron chi connectivity index (χ2n) is 27.4. The maximum Gasteiger partial charge on any atom is 0.472 e. The number of aliphatic hydroxyl groups excluding tert-OH is 1. The minimum Gasteiger partial charge on any atom is -0.462 e. The van der Waals surface area contributed by atoms with E-state index < -0.39 is 97.5 Å². The Morgan fingerprint density at radius 2 is 0.531 bits per heavy atom. The lowest BCUT2D eigenvalue weighted by Crippen LogP contribution is -2.30. The second kappa shape index (κ2) is 72.6. The van der Waals surface area contributed by atoms with Crippen LogP contribution in [0.25, 0.3) is 0 Å². The number of esters is 4. The highest BCUT2D eigenvalue weighted by Crippen LogP contribution is 2.45. The molecule has 0 heterocycles. The lowest BCUT2D eigenvalue weighted by molar-refractivity contribution is -0.161. The van der Waals surface area contributed by atoms with Crippen LogP contribution in [0.4, 0.5) is 0 Å². The van der Waals surface area contributed by atoms with Gasteiger partial charge in [-0.25, -0.2) is 9.13 Å². The number of allylic oxidation sites excluding steroid dienone is 6. The zero-order chi connectivity index (χ0) is 71.8. The molecule has 0 saturated carbocycles. The van der Waals surface area contributed by atoms with E-state index in [1.807, 2.05) is 0 Å². The first-order chi connectivity index (χ1) is 47.7. The molecule has 17 nitrogen and oxygen atoms in total. The molecule has 3 N–H and O–H groups in total. The van der Waals surface area contributed by atoms with Gasteiger partial charge in [-0.2, -0.15) is 0 Å². The van der Waals surface area contributed by atoms with Crippen molar-refractivity contribution in [1.82, 2.24) is 0 Å². The number of phosphoric acid groups is 2. The van der Waals surface area contributed by atoms with E-state index in [2.05, 4.69) is 64.2 Å². The average Bonchev–Trinajstić information content (AvgIpc) is 0.986. The molecule has 0 aromatic heterocycles. The van der Waals surface area contributed by atoms with Crippen molar-refractivity contribution in [3.05, 3.63) is 36.5 Å². The van der Waals surface area contributed by atoms with Crippen LogP contribution in [0.1, 0.15) is 387 Å². The Morgan fingerprint density at radius 1 is 0.296 bits per heavy atom. The molecule has 0 spiro atoms. The molecule has 576 valence electrons. The van der Waals surface area contributed by atoms with Crippen LogP contribution in [0.3, 0.4) is 0 Å². The van der Waals surface area contributed by atoms with Crippen LogP contribution in [-0.2, 0) is 65.4 Å². The smallest absolute Gasteiger partial charge is 0.462 e. The van der Waals surface area contributed by atoms with E-state index in [1.54, 1.807) is 0 Å². The Bertz CT molecular complexity index is 2000. The lowest BCUT2D eigenvalue weighted by Gasteiger charge is -2.21. The lowest BCUT2D eigenvalue weighted by atomic mass is 10.0. The standard InChI is InChI=1S/C79H148O17P2/c1-5-9-13-17-21-25-29-32-35-36-39-41-45-48-52-56-60-64-77(82)90-70-75(96-79(84)66-62-58-54-50-46-42-38-34-31-27-23-19-15-11-7-3)72-94-98(87,88)92-68-73(80)67-91-97(85,86)93-71-74(95-78(83)65-61-57-53-49-43-28-24-20-16-12-8-4)69-89-76(81)63-59-55-51-47-44-40-37-33-30-26-22-18-14-10-6-2/h9,13,21,25,32,35,73-75,80H,5-8,10-12,14-20,22-24,26-31,33-34,36-72H2,1-4H3,(H,85,86)(H,87,88)/b13-9-,25-21-,35-32-. The van der Waals surface area contributed by atoms with Gasteiger partial charge in [-0.15, -0.1) is 0 Å². The first kappa shape index (κ1) is 95.3. The molecular formula is C79H148O17P2. The van der Waals surface area contributed by atoms with Crippen LogP contribution in [-0.4, -0.2) is 96.7 Å². The molecule has 0 radical (unpaired) electrons. The molecule has 0 fully saturated rings. The summed E-state index contributed by atoms with van der Waals surface area (Å²) in [6.07, 6.45) is 68.3. The minimum absolute atomic E-state index is 0.102. The van der Waals surface area contributed by atoms with Gasteiger partial charge in [0.05, 0.1) is 26.4 Å². The summed E-state index contributed by atoms with van der Waals surface area (Å²) in [5.41, 5.74) is 0. The van der Waals surface area contributed by atoms with E-state index in [9.17, 15) is 43.2 Å². The first-order valence-corrected chi connectivity index (χ1v) is 43.2. The van der Waals surface area contributed by atoms with Crippen molar-refractivity contribution in [3.63, 3.8) is 0 Å². The van der Waals surface area contributed by atoms with Crippen molar-refractivity contribution in [3.8, 4) is 0 Å². The predicted octanol–water partition coefficient (Wildman–Crippen LogP) is 23.1. The van der Waals surface area contributed by atoms with Crippen LogP contribution in [0.2, 0.25) is 0 Å². The summed E-state index contributed by atoms with van der Waals surface area (Å²) in [4.78, 5) is 72.9. The van der Waals surface area contributed by atoms with Gasteiger partial charge in [0.15, 0.2) is 12.2 Å². The molecule has 0 aliphatic rings. The van der Waals surface area contributed by atoms with Gasteiger partial charge in [0.25, 0.3) is 0 Å². The van der Waals surface area contributed by atoms with Crippen LogP contribution in [0.15, 0.2) is 36.5 Å². The number of phosphoric ester groups is 2. The molecule has 5 atom stereocenters. The molecular weight excluding hydrogens is 1280 g/mol. The topological polar surface area (TPSA) is 237 Å². The van der Waals surface area contributed by atoms with Gasteiger partial charge in [-0.3, -0.25) is 37.3 Å². The number of ether oxygens (including phenoxy) is 4. The summed E-state index contributed by atoms with van der Waals surface area (Å²) < 4.78 is 68.6. The molecule has 0 bridgehead atoms. The third-order valence-electron chi connectivity index (χ3n) is 17.6. The quantitative estimate of drug-likeness (QED) is 0.0169. The molecule has 0 aromatic carbocycles. The Hall–Kier alpha value is -2.72. The summed E-state index contributed by atoms with van der Waals surface area (Å²) >= 11 is 0. The van der Waals surface area contributed by atoms with E-state index in [0.29, 0.717) is 25.7 Å². The highest BCUT2D eigenvalue weighted by molar-refractivity contribution is 7.47. The fourth-order valence-electron chi connectivity index (χ4n) is 11.5. The Labute approximate surface area is 598 Å². The molecule has 0 aliphatic carbocycles. The third-order valence-corrected chi connectivity index (χ3v) is 19.6. The second-order valence-corrected chi connectivity index (χ2v) is 30.3. The molecule has 5 unspecified atom stereocenters. The molecule has 0 amide bonds. The van der Waals surface area contributed by atoms with Crippen LogP contribution < -0.4 is 0 Å². The zero-order valence-electron chi connectivity index (χ0n) is 63.0. The minimum atomic E-state index is -4.97. The van der Waals surface area contributed by atoms with Gasteiger partial charge in [0, 0.05) is 25.7 Å². The van der Waals surface area contributed by atoms with Crippen LogP contribution in [0.5, 0.6) is 0 Å². The normalized spacial score (nSPS) is 14.1. The number of carbonyl (C=O) groups excluding carboxylic acids is 4. The molecule has 0 aliphatic heterocycles. The average molecular weight is 1430 g/mol. The predicted molar refractivity (Wildman–Crippen MR) is 400 cm³/mol. The highest BCUT2D eigenvalue weighted by Gasteiger charge is 2.30. The number of aliphatic hydroxyl groups is 1. The monoisotopic (exact) mass is 1430 g/mol. The summed E-state index contributed by atoms with van der Waals surface area (Å²) in [6, 6.07) is 0. The van der Waals surface area contributed by atoms with Gasteiger partial charge in [0.2, 0.25) is 0 Å². The largest absolute Gasteiger partial charge is 0.472 e. The maximum atomic E-state index is 13.1. The Balaban J connectivity index is 5.27. The van der Waals surface area contributed by atoms with Crippen molar-refractivity contribution in [1.29, 1.82) is 0 Å². The van der Waals surface area contributed by atoms with Crippen molar-refractivity contribution in [2.24, 2.45) is 0 Å². The van der Waals surface area contributed by atoms with Crippen LogP contribution >= 0.6 is 15.6 Å². The van der Waals surface area contributed by atoms with Gasteiger partial charge >= 0.3 is 39.5 Å². The first-order valence-electron chi connectivity index (χ1n) is 40.2. The Morgan fingerprint density at radius 3 is 0.816 bits per heavy atom. The number of unbranched alkanes of at least 4 members (excludes halogenated alkanes) is 45. The number of carbonyl (C=O) groups is 4. The van der Waals surface area contributed by atoms with E-state index in [1.165, 1.54) is 173 Å². The van der Waals surface area contributed by atoms with Crippen molar-refractivity contribution < 1.29 is 80.2 Å². The van der Waals surface area contributed by atoms with Crippen LogP contribution in [0, 0.1) is 0 Å². The fourth-order valence-corrected chi connectivity index (χ4v) is 13.1. The number of hydrogen-bond acceptors (Lipinski definition) is 15. The highest BCUT2D eigenvalue weighted by atomic mass is 31.2. The third kappa shape index (κ3) is 71.7. The van der Waals surface area contributed by atoms with Crippen molar-refractivity contribution in [2.45, 2.75) is 406 Å². The molecule has 0 saturated heterocycles.